The quantitative estimate of drug-likeness (QED) is 0.538. The van der Waals surface area contributed by atoms with Crippen molar-refractivity contribution in [3.63, 3.8) is 0 Å². The molecule has 0 unspecified atom stereocenters. The van der Waals surface area contributed by atoms with Crippen molar-refractivity contribution in [3.05, 3.63) is 78.1 Å². The minimum absolute atomic E-state index is 0.449. The highest BCUT2D eigenvalue weighted by Gasteiger charge is 2.14. The van der Waals surface area contributed by atoms with Crippen LogP contribution in [0.25, 0.3) is 11.4 Å². The Morgan fingerprint density at radius 1 is 0.778 bits per heavy atom. The third-order valence-corrected chi connectivity index (χ3v) is 4.13. The lowest BCUT2D eigenvalue weighted by atomic mass is 10.3. The fourth-order valence-electron chi connectivity index (χ4n) is 2.84. The number of nitrogens with zero attached hydrogens (tertiary/aromatic N) is 6. The van der Waals surface area contributed by atoms with E-state index in [2.05, 4.69) is 20.4 Å². The summed E-state index contributed by atoms with van der Waals surface area (Å²) in [6.45, 7) is 3.79. The van der Waals surface area contributed by atoms with Crippen LogP contribution in [0, 0.1) is 13.8 Å². The van der Waals surface area contributed by atoms with Gasteiger partial charge in [0.05, 0.1) is 22.8 Å². The van der Waals surface area contributed by atoms with Crippen LogP contribution in [0.15, 0.2) is 77.0 Å². The Kier molecular flexibility index (Phi) is 4.25. The minimum atomic E-state index is 0.449. The lowest BCUT2D eigenvalue weighted by Crippen LogP contribution is -2.01. The molecule has 0 aliphatic rings. The molecule has 134 valence electrons. The number of nitrogen functional groups attached to an aromatic ring is 1. The maximum Gasteiger partial charge on any atom is 0.178 e. The molecule has 0 amide bonds. The van der Waals surface area contributed by atoms with Gasteiger partial charge in [-0.2, -0.15) is 10.2 Å². The molecule has 0 aliphatic heterocycles. The lowest BCUT2D eigenvalue weighted by Gasteiger charge is -2.03. The number of aromatic nitrogens is 4. The van der Waals surface area contributed by atoms with Crippen LogP contribution < -0.4 is 5.73 Å². The Morgan fingerprint density at radius 3 is 2.00 bits per heavy atom. The van der Waals surface area contributed by atoms with Crippen LogP contribution in [-0.2, 0) is 0 Å². The second-order valence-electron chi connectivity index (χ2n) is 6.16. The van der Waals surface area contributed by atoms with E-state index in [4.69, 9.17) is 5.73 Å². The van der Waals surface area contributed by atoms with Gasteiger partial charge in [0.2, 0.25) is 0 Å². The van der Waals surface area contributed by atoms with E-state index in [0.717, 1.165) is 17.1 Å². The third kappa shape index (κ3) is 3.22. The first-order chi connectivity index (χ1) is 13.1. The normalized spacial score (nSPS) is 11.3. The predicted octanol–water partition coefficient (Wildman–Crippen LogP) is 4.67. The molecule has 0 saturated carbocycles. The Labute approximate surface area is 156 Å². The zero-order chi connectivity index (χ0) is 18.8. The Morgan fingerprint density at radius 2 is 1.37 bits per heavy atom. The maximum absolute atomic E-state index is 6.28. The predicted molar refractivity (Wildman–Crippen MR) is 105 cm³/mol. The average Bonchev–Trinajstić information content (AvgIpc) is 3.21. The van der Waals surface area contributed by atoms with Gasteiger partial charge in [0.25, 0.3) is 0 Å². The van der Waals surface area contributed by atoms with Gasteiger partial charge >= 0.3 is 0 Å². The van der Waals surface area contributed by atoms with Gasteiger partial charge in [0.1, 0.15) is 0 Å². The van der Waals surface area contributed by atoms with Gasteiger partial charge in [-0.25, -0.2) is 9.36 Å². The molecule has 2 aromatic carbocycles. The van der Waals surface area contributed by atoms with E-state index in [0.29, 0.717) is 23.0 Å². The first-order valence-electron chi connectivity index (χ1n) is 8.58. The van der Waals surface area contributed by atoms with Crippen molar-refractivity contribution in [2.24, 2.45) is 10.2 Å². The van der Waals surface area contributed by atoms with E-state index in [9.17, 15) is 0 Å². The number of hydrogen-bond donors (Lipinski definition) is 1. The molecule has 0 saturated heterocycles. The topological polar surface area (TPSA) is 86.4 Å². The molecule has 0 fully saturated rings. The highest BCUT2D eigenvalue weighted by atomic mass is 15.4. The zero-order valence-electron chi connectivity index (χ0n) is 15.1. The van der Waals surface area contributed by atoms with Crippen molar-refractivity contribution in [1.82, 2.24) is 19.6 Å². The van der Waals surface area contributed by atoms with Crippen LogP contribution in [0.5, 0.6) is 0 Å². The molecule has 2 heterocycles. The Balaban J connectivity index is 1.72. The first kappa shape index (κ1) is 16.7. The molecular formula is C20H19N7. The Hall–Kier alpha value is -3.74. The van der Waals surface area contributed by atoms with Crippen molar-refractivity contribution < 1.29 is 0 Å². The number of aryl methyl sites for hydroxylation is 2. The van der Waals surface area contributed by atoms with E-state index in [1.165, 1.54) is 0 Å². The van der Waals surface area contributed by atoms with E-state index in [-0.39, 0.29) is 0 Å². The molecule has 2 N–H and O–H groups in total. The smallest absolute Gasteiger partial charge is 0.178 e. The van der Waals surface area contributed by atoms with E-state index >= 15 is 0 Å². The van der Waals surface area contributed by atoms with Crippen molar-refractivity contribution >= 4 is 17.3 Å². The largest absolute Gasteiger partial charge is 0.382 e. The summed E-state index contributed by atoms with van der Waals surface area (Å²) in [7, 11) is 0. The molecule has 0 bridgehead atoms. The molecule has 0 atom stereocenters. The van der Waals surface area contributed by atoms with Gasteiger partial charge in [0, 0.05) is 6.07 Å². The van der Waals surface area contributed by atoms with Crippen LogP contribution in [0.4, 0.5) is 17.3 Å². The maximum atomic E-state index is 6.28. The van der Waals surface area contributed by atoms with Crippen molar-refractivity contribution in [2.75, 3.05) is 5.73 Å². The van der Waals surface area contributed by atoms with Crippen LogP contribution in [-0.4, -0.2) is 19.6 Å². The molecule has 27 heavy (non-hydrogen) atoms. The summed E-state index contributed by atoms with van der Waals surface area (Å²) in [5.74, 6) is 1.08. The summed E-state index contributed by atoms with van der Waals surface area (Å²) in [5, 5.41) is 17.8. The van der Waals surface area contributed by atoms with Crippen LogP contribution in [0.3, 0.4) is 0 Å². The summed E-state index contributed by atoms with van der Waals surface area (Å²) < 4.78 is 3.43. The molecule has 4 rings (SSSR count). The van der Waals surface area contributed by atoms with Crippen LogP contribution in [0.1, 0.15) is 11.4 Å². The number of hydrogen-bond acceptors (Lipinski definition) is 5. The first-order valence-corrected chi connectivity index (χ1v) is 8.58. The van der Waals surface area contributed by atoms with E-state index in [1.54, 1.807) is 9.36 Å². The van der Waals surface area contributed by atoms with Gasteiger partial charge in [-0.1, -0.05) is 36.4 Å². The molecular weight excluding hydrogens is 338 g/mol. The van der Waals surface area contributed by atoms with Crippen LogP contribution in [0.2, 0.25) is 0 Å². The Bertz CT molecular complexity index is 1090. The van der Waals surface area contributed by atoms with Crippen molar-refractivity contribution in [1.29, 1.82) is 0 Å². The molecule has 0 aliphatic carbocycles. The summed E-state index contributed by atoms with van der Waals surface area (Å²) in [6, 6.07) is 21.4. The van der Waals surface area contributed by atoms with Gasteiger partial charge in [-0.05, 0) is 38.1 Å². The van der Waals surface area contributed by atoms with Crippen LogP contribution >= 0.6 is 0 Å². The number of azo groups is 1. The summed E-state index contributed by atoms with van der Waals surface area (Å²) in [5.41, 5.74) is 10.2. The number of rotatable bonds is 4. The summed E-state index contributed by atoms with van der Waals surface area (Å²) >= 11 is 0. The molecule has 7 nitrogen and oxygen atoms in total. The second-order valence-corrected chi connectivity index (χ2v) is 6.16. The number of para-hydroxylation sites is 2. The SMILES string of the molecule is Cc1cc(N=Nc2c(C)nn(-c3ccccc3)c2N)n(-c2ccccc2)n1. The standard InChI is InChI=1S/C20H19N7/c1-14-13-18(26(24-14)16-9-5-3-6-10-16)22-23-19-15(2)25-27(20(19)21)17-11-7-4-8-12-17/h3-13H,21H2,1-2H3. The summed E-state index contributed by atoms with van der Waals surface area (Å²) in [4.78, 5) is 0. The zero-order valence-corrected chi connectivity index (χ0v) is 15.1. The molecule has 4 aromatic rings. The van der Waals surface area contributed by atoms with Gasteiger partial charge in [-0.3, -0.25) is 0 Å². The highest BCUT2D eigenvalue weighted by molar-refractivity contribution is 5.64. The highest BCUT2D eigenvalue weighted by Crippen LogP contribution is 2.31. The van der Waals surface area contributed by atoms with Gasteiger partial charge < -0.3 is 5.73 Å². The number of benzene rings is 2. The average molecular weight is 357 g/mol. The second kappa shape index (κ2) is 6.87. The van der Waals surface area contributed by atoms with Crippen molar-refractivity contribution in [3.8, 4) is 11.4 Å². The monoisotopic (exact) mass is 357 g/mol. The number of anilines is 1. The molecule has 0 spiro atoms. The fourth-order valence-corrected chi connectivity index (χ4v) is 2.84. The minimum Gasteiger partial charge on any atom is -0.382 e. The van der Waals surface area contributed by atoms with Gasteiger partial charge in [0.15, 0.2) is 17.3 Å². The molecule has 0 radical (unpaired) electrons. The fraction of sp³-hybridized carbons (Fsp3) is 0.100. The van der Waals surface area contributed by atoms with Gasteiger partial charge in [-0.15, -0.1) is 10.2 Å². The molecule has 2 aromatic heterocycles. The third-order valence-electron chi connectivity index (χ3n) is 4.13. The number of nitrogens with two attached hydrogens (primary N) is 1. The lowest BCUT2D eigenvalue weighted by molar-refractivity contribution is 0.854. The van der Waals surface area contributed by atoms with E-state index < -0.39 is 0 Å². The van der Waals surface area contributed by atoms with Crippen molar-refractivity contribution in [2.45, 2.75) is 13.8 Å². The van der Waals surface area contributed by atoms with E-state index in [1.807, 2.05) is 80.6 Å². The summed E-state index contributed by atoms with van der Waals surface area (Å²) in [6.07, 6.45) is 0. The molecule has 7 heteroatoms.